The number of aromatic nitrogens is 1. The summed E-state index contributed by atoms with van der Waals surface area (Å²) >= 11 is 6.53. The molecule has 1 heterocycles. The molecule has 2 rings (SSSR count). The van der Waals surface area contributed by atoms with E-state index in [1.165, 1.54) is 0 Å². The van der Waals surface area contributed by atoms with Crippen molar-refractivity contribution >= 4 is 34.5 Å². The molecule has 0 aliphatic heterocycles. The summed E-state index contributed by atoms with van der Waals surface area (Å²) in [4.78, 5) is 18.1. The Kier molecular flexibility index (Phi) is 4.69. The highest BCUT2D eigenvalue weighted by Gasteiger charge is 2.16. The molecule has 0 saturated heterocycles. The Labute approximate surface area is 133 Å². The lowest BCUT2D eigenvalue weighted by Gasteiger charge is -2.13. The van der Waals surface area contributed by atoms with Crippen LogP contribution in [0.1, 0.15) is 44.5 Å². The van der Waals surface area contributed by atoms with Crippen LogP contribution >= 0.6 is 23.6 Å². The van der Waals surface area contributed by atoms with Gasteiger partial charge >= 0.3 is 0 Å². The highest BCUT2D eigenvalue weighted by Crippen LogP contribution is 2.24. The van der Waals surface area contributed by atoms with Gasteiger partial charge in [0.15, 0.2) is 0 Å². The highest BCUT2D eigenvalue weighted by atomic mass is 32.1. The quantitative estimate of drug-likeness (QED) is 0.850. The number of nitrogens with two attached hydrogens (primary N) is 1. The molecular weight excluding hydrogens is 302 g/mol. The SMILES string of the molecule is Cc1nc(C)c(C(C)NC(=O)c2cccc(C(N)=S)c2)s1. The van der Waals surface area contributed by atoms with Crippen LogP contribution in [-0.2, 0) is 0 Å². The van der Waals surface area contributed by atoms with E-state index in [4.69, 9.17) is 18.0 Å². The van der Waals surface area contributed by atoms with Crippen molar-refractivity contribution in [3.8, 4) is 0 Å². The van der Waals surface area contributed by atoms with Crippen molar-refractivity contribution in [1.82, 2.24) is 10.3 Å². The van der Waals surface area contributed by atoms with Crippen LogP contribution in [0.2, 0.25) is 0 Å². The molecule has 6 heteroatoms. The first kappa shape index (κ1) is 15.6. The Morgan fingerprint density at radius 1 is 1.38 bits per heavy atom. The lowest BCUT2D eigenvalue weighted by atomic mass is 10.1. The number of aryl methyl sites for hydroxylation is 2. The Morgan fingerprint density at radius 3 is 2.62 bits per heavy atom. The second kappa shape index (κ2) is 6.32. The van der Waals surface area contributed by atoms with Gasteiger partial charge in [-0.05, 0) is 32.9 Å². The van der Waals surface area contributed by atoms with Gasteiger partial charge in [0.05, 0.1) is 16.7 Å². The first-order chi connectivity index (χ1) is 9.88. The zero-order valence-corrected chi connectivity index (χ0v) is 13.8. The van der Waals surface area contributed by atoms with Crippen LogP contribution in [0.5, 0.6) is 0 Å². The smallest absolute Gasteiger partial charge is 0.251 e. The molecule has 21 heavy (non-hydrogen) atoms. The first-order valence-corrected chi connectivity index (χ1v) is 7.75. The van der Waals surface area contributed by atoms with Crippen molar-refractivity contribution in [2.24, 2.45) is 5.73 Å². The minimum Gasteiger partial charge on any atom is -0.389 e. The maximum absolute atomic E-state index is 12.3. The van der Waals surface area contributed by atoms with Crippen molar-refractivity contribution in [3.05, 3.63) is 51.0 Å². The molecule has 0 saturated carbocycles. The summed E-state index contributed by atoms with van der Waals surface area (Å²) in [5.41, 5.74) is 7.79. The van der Waals surface area contributed by atoms with Gasteiger partial charge < -0.3 is 11.1 Å². The lowest BCUT2D eigenvalue weighted by Crippen LogP contribution is -2.26. The molecule has 2 aromatic rings. The van der Waals surface area contributed by atoms with Gasteiger partial charge in [-0.15, -0.1) is 11.3 Å². The van der Waals surface area contributed by atoms with Crippen LogP contribution in [0.4, 0.5) is 0 Å². The van der Waals surface area contributed by atoms with Gasteiger partial charge in [-0.3, -0.25) is 4.79 Å². The van der Waals surface area contributed by atoms with Crippen molar-refractivity contribution in [2.45, 2.75) is 26.8 Å². The Balaban J connectivity index is 2.16. The van der Waals surface area contributed by atoms with E-state index in [9.17, 15) is 4.79 Å². The number of hydrogen-bond acceptors (Lipinski definition) is 4. The number of benzene rings is 1. The molecule has 1 aromatic carbocycles. The number of rotatable bonds is 4. The van der Waals surface area contributed by atoms with Gasteiger partial charge in [-0.2, -0.15) is 0 Å². The van der Waals surface area contributed by atoms with E-state index >= 15 is 0 Å². The topological polar surface area (TPSA) is 68.0 Å². The number of hydrogen-bond donors (Lipinski definition) is 2. The molecule has 1 unspecified atom stereocenters. The molecule has 3 N–H and O–H groups in total. The van der Waals surface area contributed by atoms with E-state index in [1.54, 1.807) is 35.6 Å². The number of carbonyl (C=O) groups excluding carboxylic acids is 1. The summed E-state index contributed by atoms with van der Waals surface area (Å²) in [5.74, 6) is -0.147. The maximum Gasteiger partial charge on any atom is 0.251 e. The maximum atomic E-state index is 12.3. The van der Waals surface area contributed by atoms with Crippen LogP contribution in [0.25, 0.3) is 0 Å². The first-order valence-electron chi connectivity index (χ1n) is 6.53. The zero-order valence-electron chi connectivity index (χ0n) is 12.1. The Bertz CT molecular complexity index is 694. The molecule has 0 radical (unpaired) electrons. The zero-order chi connectivity index (χ0) is 15.6. The van der Waals surface area contributed by atoms with Gasteiger partial charge in [0, 0.05) is 16.0 Å². The number of thiazole rings is 1. The largest absolute Gasteiger partial charge is 0.389 e. The molecule has 1 amide bonds. The minimum atomic E-state index is -0.147. The van der Waals surface area contributed by atoms with Crippen LogP contribution in [-0.4, -0.2) is 15.9 Å². The normalized spacial score (nSPS) is 12.0. The van der Waals surface area contributed by atoms with Gasteiger partial charge in [0.2, 0.25) is 0 Å². The van der Waals surface area contributed by atoms with Crippen molar-refractivity contribution in [2.75, 3.05) is 0 Å². The Morgan fingerprint density at radius 2 is 2.05 bits per heavy atom. The number of amides is 1. The summed E-state index contributed by atoms with van der Waals surface area (Å²) in [6.07, 6.45) is 0. The van der Waals surface area contributed by atoms with Gasteiger partial charge in [0.25, 0.3) is 5.91 Å². The number of nitrogens with one attached hydrogen (secondary N) is 1. The van der Waals surface area contributed by atoms with Crippen LogP contribution in [0, 0.1) is 13.8 Å². The summed E-state index contributed by atoms with van der Waals surface area (Å²) in [5, 5.41) is 3.98. The van der Waals surface area contributed by atoms with E-state index in [0.717, 1.165) is 15.6 Å². The molecule has 0 spiro atoms. The number of carbonyl (C=O) groups is 1. The molecule has 1 aromatic heterocycles. The van der Waals surface area contributed by atoms with Gasteiger partial charge in [0.1, 0.15) is 4.99 Å². The van der Waals surface area contributed by atoms with E-state index < -0.39 is 0 Å². The molecule has 0 aliphatic rings. The third-order valence-electron chi connectivity index (χ3n) is 3.09. The standard InChI is InChI=1S/C15H17N3OS2/c1-8-13(21-10(3)17-8)9(2)18-15(19)12-6-4-5-11(7-12)14(16)20/h4-7,9H,1-3H3,(H2,16,20)(H,18,19). The van der Waals surface area contributed by atoms with Gasteiger partial charge in [-0.25, -0.2) is 4.98 Å². The number of thiocarbonyl (C=S) groups is 1. The second-order valence-electron chi connectivity index (χ2n) is 4.82. The predicted molar refractivity (Wildman–Crippen MR) is 89.8 cm³/mol. The fourth-order valence-corrected chi connectivity index (χ4v) is 3.16. The summed E-state index contributed by atoms with van der Waals surface area (Å²) in [6, 6.07) is 6.93. The number of nitrogens with zero attached hydrogens (tertiary/aromatic N) is 1. The van der Waals surface area contributed by atoms with E-state index in [2.05, 4.69) is 10.3 Å². The monoisotopic (exact) mass is 319 g/mol. The van der Waals surface area contributed by atoms with Crippen molar-refractivity contribution in [3.63, 3.8) is 0 Å². The molecule has 0 fully saturated rings. The second-order valence-corrected chi connectivity index (χ2v) is 6.50. The molecule has 4 nitrogen and oxygen atoms in total. The van der Waals surface area contributed by atoms with Crippen molar-refractivity contribution in [1.29, 1.82) is 0 Å². The van der Waals surface area contributed by atoms with Gasteiger partial charge in [-0.1, -0.05) is 24.4 Å². The average Bonchev–Trinajstić information content (AvgIpc) is 2.77. The summed E-state index contributed by atoms with van der Waals surface area (Å²) in [6.45, 7) is 5.87. The molecule has 0 bridgehead atoms. The lowest BCUT2D eigenvalue weighted by molar-refractivity contribution is 0.0940. The van der Waals surface area contributed by atoms with E-state index in [0.29, 0.717) is 11.1 Å². The molecule has 110 valence electrons. The summed E-state index contributed by atoms with van der Waals surface area (Å²) in [7, 11) is 0. The van der Waals surface area contributed by atoms with Crippen LogP contribution < -0.4 is 11.1 Å². The van der Waals surface area contributed by atoms with E-state index in [-0.39, 0.29) is 16.9 Å². The fourth-order valence-electron chi connectivity index (χ4n) is 2.11. The third-order valence-corrected chi connectivity index (χ3v) is 4.58. The fraction of sp³-hybridized carbons (Fsp3) is 0.267. The van der Waals surface area contributed by atoms with E-state index in [1.807, 2.05) is 20.8 Å². The predicted octanol–water partition coefficient (Wildman–Crippen LogP) is 2.89. The summed E-state index contributed by atoms with van der Waals surface area (Å²) < 4.78 is 0. The molecular formula is C15H17N3OS2. The average molecular weight is 319 g/mol. The van der Waals surface area contributed by atoms with Crippen molar-refractivity contribution < 1.29 is 4.79 Å². The Hall–Kier alpha value is -1.79. The molecule has 0 aliphatic carbocycles. The minimum absolute atomic E-state index is 0.0859. The molecule has 1 atom stereocenters. The third kappa shape index (κ3) is 3.65. The highest BCUT2D eigenvalue weighted by molar-refractivity contribution is 7.80. The van der Waals surface area contributed by atoms with Crippen LogP contribution in [0.3, 0.4) is 0 Å². The van der Waals surface area contributed by atoms with Crippen LogP contribution in [0.15, 0.2) is 24.3 Å².